The van der Waals surface area contributed by atoms with Gasteiger partial charge in [0.15, 0.2) is 4.67 Å². The van der Waals surface area contributed by atoms with Gasteiger partial charge in [0.1, 0.15) is 11.6 Å². The Hall–Kier alpha value is -1.69. The zero-order valence-electron chi connectivity index (χ0n) is 9.91. The minimum absolute atomic E-state index is 0.217. The molecule has 0 saturated carbocycles. The van der Waals surface area contributed by atoms with Crippen LogP contribution in [0.2, 0.25) is 0 Å². The normalized spacial score (nSPS) is 12.2. The second-order valence-corrected chi connectivity index (χ2v) is 4.69. The lowest BCUT2D eigenvalue weighted by atomic mass is 10.1. The number of hydrogen-bond acceptors (Lipinski definition) is 2. The van der Waals surface area contributed by atoms with Crippen molar-refractivity contribution in [1.82, 2.24) is 5.32 Å². The maximum Gasteiger partial charge on any atom is 0.256 e. The molecule has 1 heterocycles. The number of hydrogen-bond donors (Lipinski definition) is 1. The zero-order chi connectivity index (χ0) is 14.0. The fourth-order valence-electron chi connectivity index (χ4n) is 1.66. The van der Waals surface area contributed by atoms with Gasteiger partial charge in [0, 0.05) is 11.6 Å². The number of benzene rings is 1. The first-order chi connectivity index (χ1) is 8.99. The molecule has 1 amide bonds. The lowest BCUT2D eigenvalue weighted by Gasteiger charge is -2.14. The van der Waals surface area contributed by atoms with Crippen LogP contribution in [-0.4, -0.2) is 5.91 Å². The molecular weight excluding hydrogens is 320 g/mol. The van der Waals surface area contributed by atoms with E-state index in [0.717, 1.165) is 12.1 Å². The Balaban J connectivity index is 2.15. The van der Waals surface area contributed by atoms with E-state index >= 15 is 0 Å². The molecule has 2 aromatic rings. The second kappa shape index (κ2) is 5.52. The standard InChI is InChI=1S/C13H10BrF2NO2/c1-7(9-3-2-8(15)6-11(9)16)17-13(18)10-4-5-19-12(10)14/h2-7H,1H3,(H,17,18). The fraction of sp³-hybridized carbons (Fsp3) is 0.154. The van der Waals surface area contributed by atoms with Gasteiger partial charge in [0.25, 0.3) is 5.91 Å². The molecule has 0 fully saturated rings. The first-order valence-corrected chi connectivity index (χ1v) is 6.27. The smallest absolute Gasteiger partial charge is 0.256 e. The Bertz CT molecular complexity index is 612. The molecule has 1 N–H and O–H groups in total. The summed E-state index contributed by atoms with van der Waals surface area (Å²) in [6.07, 6.45) is 1.36. The molecule has 3 nitrogen and oxygen atoms in total. The SMILES string of the molecule is CC(NC(=O)c1ccoc1Br)c1ccc(F)cc1F. The number of amides is 1. The van der Waals surface area contributed by atoms with Gasteiger partial charge in [0.05, 0.1) is 17.9 Å². The van der Waals surface area contributed by atoms with Crippen molar-refractivity contribution in [3.63, 3.8) is 0 Å². The first-order valence-electron chi connectivity index (χ1n) is 5.48. The van der Waals surface area contributed by atoms with E-state index in [0.29, 0.717) is 10.2 Å². The van der Waals surface area contributed by atoms with Crippen LogP contribution in [-0.2, 0) is 0 Å². The largest absolute Gasteiger partial charge is 0.457 e. The predicted molar refractivity (Wildman–Crippen MR) is 68.6 cm³/mol. The summed E-state index contributed by atoms with van der Waals surface area (Å²) in [5.74, 6) is -1.76. The van der Waals surface area contributed by atoms with Crippen molar-refractivity contribution >= 4 is 21.8 Å². The van der Waals surface area contributed by atoms with E-state index in [4.69, 9.17) is 4.42 Å². The van der Waals surface area contributed by atoms with E-state index in [1.807, 2.05) is 0 Å². The number of carbonyl (C=O) groups excluding carboxylic acids is 1. The summed E-state index contributed by atoms with van der Waals surface area (Å²) >= 11 is 3.09. The zero-order valence-corrected chi connectivity index (χ0v) is 11.5. The Morgan fingerprint density at radius 2 is 2.11 bits per heavy atom. The Labute approximate surface area is 116 Å². The minimum Gasteiger partial charge on any atom is -0.457 e. The number of nitrogens with one attached hydrogen (secondary N) is 1. The number of halogens is 3. The highest BCUT2D eigenvalue weighted by atomic mass is 79.9. The molecule has 1 aromatic carbocycles. The maximum atomic E-state index is 13.6. The average Bonchev–Trinajstić information content (AvgIpc) is 2.75. The van der Waals surface area contributed by atoms with Crippen LogP contribution in [0.1, 0.15) is 28.9 Å². The number of furan rings is 1. The Kier molecular flexibility index (Phi) is 3.99. The Morgan fingerprint density at radius 3 is 2.68 bits per heavy atom. The van der Waals surface area contributed by atoms with Crippen LogP contribution in [0.4, 0.5) is 8.78 Å². The van der Waals surface area contributed by atoms with Gasteiger partial charge in [-0.05, 0) is 35.0 Å². The molecule has 0 saturated heterocycles. The van der Waals surface area contributed by atoms with Gasteiger partial charge < -0.3 is 9.73 Å². The summed E-state index contributed by atoms with van der Waals surface area (Å²) < 4.78 is 31.6. The van der Waals surface area contributed by atoms with Crippen molar-refractivity contribution in [2.45, 2.75) is 13.0 Å². The molecular formula is C13H10BrF2NO2. The number of carbonyl (C=O) groups is 1. The lowest BCUT2D eigenvalue weighted by Crippen LogP contribution is -2.27. The van der Waals surface area contributed by atoms with Crippen LogP contribution in [0.5, 0.6) is 0 Å². The average molecular weight is 330 g/mol. The van der Waals surface area contributed by atoms with E-state index in [2.05, 4.69) is 21.2 Å². The topological polar surface area (TPSA) is 42.2 Å². The van der Waals surface area contributed by atoms with Gasteiger partial charge in [0.2, 0.25) is 0 Å². The van der Waals surface area contributed by atoms with Crippen molar-refractivity contribution in [2.24, 2.45) is 0 Å². The molecule has 1 unspecified atom stereocenters. The molecule has 6 heteroatoms. The molecule has 100 valence electrons. The van der Waals surface area contributed by atoms with Crippen LogP contribution in [0.15, 0.2) is 39.6 Å². The molecule has 0 aliphatic rings. The monoisotopic (exact) mass is 329 g/mol. The van der Waals surface area contributed by atoms with E-state index in [9.17, 15) is 13.6 Å². The van der Waals surface area contributed by atoms with Crippen molar-refractivity contribution < 1.29 is 18.0 Å². The Morgan fingerprint density at radius 1 is 1.37 bits per heavy atom. The fourth-order valence-corrected chi connectivity index (χ4v) is 2.08. The van der Waals surface area contributed by atoms with Gasteiger partial charge in [-0.2, -0.15) is 0 Å². The van der Waals surface area contributed by atoms with Crippen molar-refractivity contribution in [1.29, 1.82) is 0 Å². The molecule has 19 heavy (non-hydrogen) atoms. The molecule has 0 bridgehead atoms. The second-order valence-electron chi connectivity index (χ2n) is 3.97. The summed E-state index contributed by atoms with van der Waals surface area (Å²) in [7, 11) is 0. The third-order valence-corrected chi connectivity index (χ3v) is 3.25. The van der Waals surface area contributed by atoms with Gasteiger partial charge in [-0.25, -0.2) is 8.78 Å². The van der Waals surface area contributed by atoms with E-state index in [1.54, 1.807) is 6.92 Å². The summed E-state index contributed by atoms with van der Waals surface area (Å²) in [6, 6.07) is 4.14. The van der Waals surface area contributed by atoms with Gasteiger partial charge in [-0.15, -0.1) is 0 Å². The van der Waals surface area contributed by atoms with Gasteiger partial charge in [-0.3, -0.25) is 4.79 Å². The highest BCUT2D eigenvalue weighted by molar-refractivity contribution is 9.10. The van der Waals surface area contributed by atoms with Gasteiger partial charge in [-0.1, -0.05) is 6.07 Å². The minimum atomic E-state index is -0.695. The molecule has 1 atom stereocenters. The molecule has 2 rings (SSSR count). The summed E-state index contributed by atoms with van der Waals surface area (Å²) in [5, 5.41) is 2.61. The lowest BCUT2D eigenvalue weighted by molar-refractivity contribution is 0.0937. The van der Waals surface area contributed by atoms with E-state index in [1.165, 1.54) is 18.4 Å². The summed E-state index contributed by atoms with van der Waals surface area (Å²) in [5.41, 5.74) is 0.531. The van der Waals surface area contributed by atoms with Gasteiger partial charge >= 0.3 is 0 Å². The van der Waals surface area contributed by atoms with E-state index in [-0.39, 0.29) is 5.56 Å². The third-order valence-electron chi connectivity index (χ3n) is 2.64. The molecule has 0 spiro atoms. The van der Waals surface area contributed by atoms with E-state index < -0.39 is 23.6 Å². The predicted octanol–water partition coefficient (Wildman–Crippen LogP) is 3.81. The van der Waals surface area contributed by atoms with Crippen LogP contribution in [0.25, 0.3) is 0 Å². The highest BCUT2D eigenvalue weighted by Crippen LogP contribution is 2.21. The molecule has 1 aromatic heterocycles. The molecule has 0 aliphatic heterocycles. The quantitative estimate of drug-likeness (QED) is 0.930. The van der Waals surface area contributed by atoms with Crippen molar-refractivity contribution in [2.75, 3.05) is 0 Å². The van der Waals surface area contributed by atoms with Crippen molar-refractivity contribution in [3.05, 3.63) is 58.0 Å². The summed E-state index contributed by atoms with van der Waals surface area (Å²) in [6.45, 7) is 1.61. The van der Waals surface area contributed by atoms with Crippen LogP contribution in [0, 0.1) is 11.6 Å². The number of rotatable bonds is 3. The van der Waals surface area contributed by atoms with Crippen molar-refractivity contribution in [3.8, 4) is 0 Å². The molecule has 0 aliphatic carbocycles. The molecule has 0 radical (unpaired) electrons. The van der Waals surface area contributed by atoms with Crippen LogP contribution < -0.4 is 5.32 Å². The highest BCUT2D eigenvalue weighted by Gasteiger charge is 2.18. The first kappa shape index (κ1) is 13.7. The maximum absolute atomic E-state index is 13.6. The van der Waals surface area contributed by atoms with Crippen LogP contribution in [0.3, 0.4) is 0 Å². The summed E-state index contributed by atoms with van der Waals surface area (Å²) in [4.78, 5) is 11.9. The van der Waals surface area contributed by atoms with Crippen LogP contribution >= 0.6 is 15.9 Å². The third kappa shape index (κ3) is 3.01.